The fourth-order valence-corrected chi connectivity index (χ4v) is 4.06. The van der Waals surface area contributed by atoms with Gasteiger partial charge in [0.25, 0.3) is 5.91 Å². The van der Waals surface area contributed by atoms with E-state index in [2.05, 4.69) is 20.4 Å². The van der Waals surface area contributed by atoms with E-state index in [4.69, 9.17) is 14.0 Å². The lowest BCUT2D eigenvalue weighted by atomic mass is 10.1. The minimum absolute atomic E-state index is 0.159. The Balaban J connectivity index is 1.38. The summed E-state index contributed by atoms with van der Waals surface area (Å²) in [6.07, 6.45) is 0. The number of carbonyl (C=O) groups is 1. The zero-order valence-corrected chi connectivity index (χ0v) is 17.1. The smallest absolute Gasteiger partial charge is 0.263 e. The molecule has 1 saturated heterocycles. The van der Waals surface area contributed by atoms with Gasteiger partial charge < -0.3 is 24.2 Å². The van der Waals surface area contributed by atoms with Crippen LogP contribution >= 0.6 is 11.3 Å². The normalized spacial score (nSPS) is 14.1. The monoisotopic (exact) mass is 414 g/mol. The molecule has 0 atom stereocenters. The molecule has 1 aromatic carbocycles. The van der Waals surface area contributed by atoms with E-state index in [1.54, 1.807) is 7.11 Å². The number of hydrogen-bond donors (Lipinski definition) is 1. The maximum atomic E-state index is 12.6. The van der Waals surface area contributed by atoms with Crippen LogP contribution in [0.15, 0.2) is 34.9 Å². The molecule has 8 nitrogen and oxygen atoms in total. The highest BCUT2D eigenvalue weighted by atomic mass is 32.1. The van der Waals surface area contributed by atoms with Gasteiger partial charge in [0, 0.05) is 24.7 Å². The summed E-state index contributed by atoms with van der Waals surface area (Å²) in [7, 11) is 1.62. The maximum absolute atomic E-state index is 12.6. The Morgan fingerprint density at radius 1 is 1.28 bits per heavy atom. The van der Waals surface area contributed by atoms with Crippen LogP contribution in [0.25, 0.3) is 11.3 Å². The van der Waals surface area contributed by atoms with Crippen LogP contribution in [0, 0.1) is 6.92 Å². The van der Waals surface area contributed by atoms with E-state index in [-0.39, 0.29) is 12.5 Å². The van der Waals surface area contributed by atoms with E-state index in [9.17, 15) is 4.79 Å². The van der Waals surface area contributed by atoms with Crippen LogP contribution in [0.3, 0.4) is 0 Å². The molecule has 1 fully saturated rings. The van der Waals surface area contributed by atoms with Gasteiger partial charge in [0.1, 0.15) is 16.3 Å². The van der Waals surface area contributed by atoms with E-state index < -0.39 is 0 Å². The fourth-order valence-electron chi connectivity index (χ4n) is 3.02. The van der Waals surface area contributed by atoms with E-state index in [1.807, 2.05) is 37.3 Å². The number of benzene rings is 1. The molecule has 3 aromatic rings. The number of ether oxygens (including phenoxy) is 2. The van der Waals surface area contributed by atoms with Gasteiger partial charge in [-0.05, 0) is 31.2 Å². The summed E-state index contributed by atoms with van der Waals surface area (Å²) in [6, 6.07) is 9.34. The number of morpholine rings is 1. The summed E-state index contributed by atoms with van der Waals surface area (Å²) in [6.45, 7) is 5.09. The number of methoxy groups -OCH3 is 1. The Labute approximate surface area is 172 Å². The zero-order valence-electron chi connectivity index (χ0n) is 16.3. The van der Waals surface area contributed by atoms with Crippen LogP contribution in [0.5, 0.6) is 5.75 Å². The average Bonchev–Trinajstić information content (AvgIpc) is 3.40. The first-order valence-electron chi connectivity index (χ1n) is 9.32. The van der Waals surface area contributed by atoms with E-state index in [0.29, 0.717) is 29.5 Å². The highest BCUT2D eigenvalue weighted by Gasteiger charge is 2.20. The van der Waals surface area contributed by atoms with Crippen molar-refractivity contribution < 1.29 is 18.8 Å². The molecule has 4 rings (SSSR count). The van der Waals surface area contributed by atoms with E-state index >= 15 is 0 Å². The Morgan fingerprint density at radius 3 is 2.76 bits per heavy atom. The van der Waals surface area contributed by atoms with Crippen LogP contribution in [0.4, 0.5) is 5.13 Å². The molecule has 1 N–H and O–H groups in total. The third-order valence-electron chi connectivity index (χ3n) is 4.64. The van der Waals surface area contributed by atoms with Gasteiger partial charge in [-0.1, -0.05) is 16.5 Å². The summed E-state index contributed by atoms with van der Waals surface area (Å²) in [5.74, 6) is 1.26. The topological polar surface area (TPSA) is 89.7 Å². The quantitative estimate of drug-likeness (QED) is 0.663. The summed E-state index contributed by atoms with van der Waals surface area (Å²) in [4.78, 5) is 19.9. The molecule has 0 radical (unpaired) electrons. The van der Waals surface area contributed by atoms with Crippen LogP contribution < -0.4 is 15.0 Å². The number of aryl methyl sites for hydroxylation is 1. The summed E-state index contributed by atoms with van der Waals surface area (Å²) in [5, 5.41) is 7.81. The molecular weight excluding hydrogens is 392 g/mol. The van der Waals surface area contributed by atoms with Crippen molar-refractivity contribution in [3.8, 4) is 17.1 Å². The molecule has 1 amide bonds. The molecule has 29 heavy (non-hydrogen) atoms. The largest absolute Gasteiger partial charge is 0.497 e. The van der Waals surface area contributed by atoms with Crippen LogP contribution in [0.2, 0.25) is 0 Å². The number of anilines is 1. The number of rotatable bonds is 6. The molecule has 9 heteroatoms. The van der Waals surface area contributed by atoms with Crippen molar-refractivity contribution >= 4 is 22.4 Å². The highest BCUT2D eigenvalue weighted by Crippen LogP contribution is 2.27. The maximum Gasteiger partial charge on any atom is 0.263 e. The van der Waals surface area contributed by atoms with Gasteiger partial charge in [-0.15, -0.1) is 0 Å². The number of thiazole rings is 1. The fraction of sp³-hybridized carbons (Fsp3) is 0.350. The molecule has 152 valence electrons. The predicted octanol–water partition coefficient (Wildman–Crippen LogP) is 2.88. The molecule has 1 aliphatic heterocycles. The van der Waals surface area contributed by atoms with Crippen LogP contribution in [-0.2, 0) is 11.3 Å². The number of amides is 1. The Hall–Kier alpha value is -2.91. The molecule has 3 heterocycles. The lowest BCUT2D eigenvalue weighted by Gasteiger charge is -2.25. The molecule has 0 spiro atoms. The Morgan fingerprint density at radius 2 is 2.03 bits per heavy atom. The second kappa shape index (κ2) is 8.62. The Bertz CT molecular complexity index is 977. The van der Waals surface area contributed by atoms with Gasteiger partial charge in [-0.2, -0.15) is 0 Å². The lowest BCUT2D eigenvalue weighted by Crippen LogP contribution is -2.36. The van der Waals surface area contributed by atoms with Gasteiger partial charge >= 0.3 is 0 Å². The predicted molar refractivity (Wildman–Crippen MR) is 110 cm³/mol. The van der Waals surface area contributed by atoms with Crippen molar-refractivity contribution in [2.24, 2.45) is 0 Å². The number of carbonyl (C=O) groups excluding carboxylic acids is 1. The third kappa shape index (κ3) is 4.41. The minimum Gasteiger partial charge on any atom is -0.497 e. The number of nitrogens with one attached hydrogen (secondary N) is 1. The zero-order chi connectivity index (χ0) is 20.2. The lowest BCUT2D eigenvalue weighted by molar-refractivity contribution is 0.0953. The SMILES string of the molecule is COc1ccc(-c2cc(CNC(=O)c3sc(N4CCOCC4)nc3C)no2)cc1. The van der Waals surface area contributed by atoms with Crippen LogP contribution in [0.1, 0.15) is 21.1 Å². The van der Waals surface area contributed by atoms with Gasteiger partial charge in [0.15, 0.2) is 10.9 Å². The number of aromatic nitrogens is 2. The third-order valence-corrected chi connectivity index (χ3v) is 5.85. The van der Waals surface area contributed by atoms with Gasteiger partial charge in [0.2, 0.25) is 0 Å². The first-order valence-corrected chi connectivity index (χ1v) is 10.1. The Kier molecular flexibility index (Phi) is 5.77. The second-order valence-electron chi connectivity index (χ2n) is 6.60. The van der Waals surface area contributed by atoms with Crippen molar-refractivity contribution in [3.05, 3.63) is 46.6 Å². The minimum atomic E-state index is -0.159. The molecule has 0 saturated carbocycles. The van der Waals surface area contributed by atoms with Crippen LogP contribution in [-0.4, -0.2) is 49.5 Å². The van der Waals surface area contributed by atoms with E-state index in [1.165, 1.54) is 11.3 Å². The van der Waals surface area contributed by atoms with Gasteiger partial charge in [-0.25, -0.2) is 4.98 Å². The van der Waals surface area contributed by atoms with Crippen molar-refractivity contribution in [3.63, 3.8) is 0 Å². The van der Waals surface area contributed by atoms with Crippen molar-refractivity contribution in [2.45, 2.75) is 13.5 Å². The standard InChI is InChI=1S/C20H22N4O4S/c1-13-18(29-20(22-13)24-7-9-27-10-8-24)19(25)21-12-15-11-17(28-23-15)14-3-5-16(26-2)6-4-14/h3-6,11H,7-10,12H2,1-2H3,(H,21,25). The number of nitrogens with zero attached hydrogens (tertiary/aromatic N) is 3. The van der Waals surface area contributed by atoms with Crippen molar-refractivity contribution in [1.29, 1.82) is 0 Å². The van der Waals surface area contributed by atoms with E-state index in [0.717, 1.165) is 35.2 Å². The highest BCUT2D eigenvalue weighted by molar-refractivity contribution is 7.17. The molecular formula is C20H22N4O4S. The molecule has 1 aliphatic rings. The second-order valence-corrected chi connectivity index (χ2v) is 7.58. The molecule has 0 unspecified atom stereocenters. The molecule has 0 bridgehead atoms. The van der Waals surface area contributed by atoms with Crippen molar-refractivity contribution in [2.75, 3.05) is 38.3 Å². The first kappa shape index (κ1) is 19.4. The summed E-state index contributed by atoms with van der Waals surface area (Å²) >= 11 is 1.41. The number of hydrogen-bond acceptors (Lipinski definition) is 8. The van der Waals surface area contributed by atoms with Gasteiger partial charge in [-0.3, -0.25) is 4.79 Å². The average molecular weight is 414 g/mol. The van der Waals surface area contributed by atoms with Crippen molar-refractivity contribution in [1.82, 2.24) is 15.5 Å². The summed E-state index contributed by atoms with van der Waals surface area (Å²) in [5.41, 5.74) is 2.28. The van der Waals surface area contributed by atoms with Gasteiger partial charge in [0.05, 0.1) is 32.6 Å². The molecule has 0 aliphatic carbocycles. The summed E-state index contributed by atoms with van der Waals surface area (Å²) < 4.78 is 15.9. The first-order chi connectivity index (χ1) is 14.1. The molecule has 2 aromatic heterocycles.